The maximum absolute atomic E-state index is 12.0. The number of carbonyl (C=O) groups excluding carboxylic acids is 1. The Balaban J connectivity index is 2.89. The third kappa shape index (κ3) is 4.94. The summed E-state index contributed by atoms with van der Waals surface area (Å²) in [6.45, 7) is 7.68. The first kappa shape index (κ1) is 16.1. The zero-order chi connectivity index (χ0) is 15.3. The molecule has 4 nitrogen and oxygen atoms in total. The van der Waals surface area contributed by atoms with E-state index in [1.54, 1.807) is 18.2 Å². The van der Waals surface area contributed by atoms with Gasteiger partial charge in [-0.25, -0.2) is 0 Å². The molecule has 1 aromatic rings. The molecule has 0 aliphatic heterocycles. The second kappa shape index (κ2) is 6.44. The van der Waals surface area contributed by atoms with Crippen LogP contribution in [-0.4, -0.2) is 11.4 Å². The summed E-state index contributed by atoms with van der Waals surface area (Å²) in [5, 5.41) is 15.3. The molecule has 5 heteroatoms. The molecule has 0 bridgehead atoms. The molecular formula is C15H18ClN3O. The highest BCUT2D eigenvalue weighted by molar-refractivity contribution is 6.31. The molecule has 0 aliphatic rings. The Kier molecular flexibility index (Phi) is 5.18. The van der Waals surface area contributed by atoms with Crippen LogP contribution >= 0.6 is 11.6 Å². The number of rotatable bonds is 3. The van der Waals surface area contributed by atoms with Gasteiger partial charge in [0.15, 0.2) is 0 Å². The van der Waals surface area contributed by atoms with Gasteiger partial charge in [0.05, 0.1) is 0 Å². The van der Waals surface area contributed by atoms with Crippen molar-refractivity contribution in [2.45, 2.75) is 33.2 Å². The van der Waals surface area contributed by atoms with Gasteiger partial charge in [-0.2, -0.15) is 5.26 Å². The molecule has 0 atom stereocenters. The Hall–Kier alpha value is -1.99. The fourth-order valence-corrected chi connectivity index (χ4v) is 1.53. The zero-order valence-electron chi connectivity index (χ0n) is 12.0. The van der Waals surface area contributed by atoms with E-state index in [-0.39, 0.29) is 11.1 Å². The molecule has 0 aliphatic carbocycles. The molecule has 0 spiro atoms. The van der Waals surface area contributed by atoms with Crippen LogP contribution in [0.4, 0.5) is 5.69 Å². The van der Waals surface area contributed by atoms with Crippen molar-refractivity contribution in [1.29, 1.82) is 5.26 Å². The quantitative estimate of drug-likeness (QED) is 0.663. The second-order valence-corrected chi connectivity index (χ2v) is 5.91. The predicted octanol–water partition coefficient (Wildman–Crippen LogP) is 3.38. The smallest absolute Gasteiger partial charge is 0.267 e. The van der Waals surface area contributed by atoms with Gasteiger partial charge in [0.1, 0.15) is 11.6 Å². The molecule has 0 saturated carbocycles. The normalized spacial score (nSPS) is 11.7. The monoisotopic (exact) mass is 291 g/mol. The lowest BCUT2D eigenvalue weighted by Crippen LogP contribution is -2.32. The molecule has 106 valence electrons. The average molecular weight is 292 g/mol. The molecule has 0 aromatic heterocycles. The summed E-state index contributed by atoms with van der Waals surface area (Å²) in [4.78, 5) is 12.0. The van der Waals surface area contributed by atoms with Crippen LogP contribution in [0.2, 0.25) is 5.02 Å². The van der Waals surface area contributed by atoms with Crippen LogP contribution in [-0.2, 0) is 4.79 Å². The van der Waals surface area contributed by atoms with Crippen LogP contribution < -0.4 is 10.6 Å². The van der Waals surface area contributed by atoms with Crippen LogP contribution in [0.5, 0.6) is 0 Å². The van der Waals surface area contributed by atoms with E-state index in [4.69, 9.17) is 16.9 Å². The lowest BCUT2D eigenvalue weighted by molar-refractivity contribution is -0.112. The van der Waals surface area contributed by atoms with Crippen molar-refractivity contribution in [3.63, 3.8) is 0 Å². The number of nitrogens with zero attached hydrogens (tertiary/aromatic N) is 1. The third-order valence-corrected chi connectivity index (χ3v) is 2.70. The van der Waals surface area contributed by atoms with Crippen molar-refractivity contribution in [2.24, 2.45) is 0 Å². The molecule has 1 rings (SSSR count). The number of aryl methyl sites for hydroxylation is 1. The molecule has 20 heavy (non-hydrogen) atoms. The van der Waals surface area contributed by atoms with E-state index >= 15 is 0 Å². The highest BCUT2D eigenvalue weighted by Gasteiger charge is 2.13. The number of anilines is 1. The molecule has 0 saturated heterocycles. The third-order valence-electron chi connectivity index (χ3n) is 2.46. The molecule has 0 unspecified atom stereocenters. The van der Waals surface area contributed by atoms with E-state index in [9.17, 15) is 4.79 Å². The summed E-state index contributed by atoms with van der Waals surface area (Å²) in [6.07, 6.45) is 1.43. The summed E-state index contributed by atoms with van der Waals surface area (Å²) >= 11 is 5.89. The number of carbonyl (C=O) groups is 1. The number of benzene rings is 1. The van der Waals surface area contributed by atoms with Gasteiger partial charge in [0.2, 0.25) is 0 Å². The highest BCUT2D eigenvalue weighted by Crippen LogP contribution is 2.20. The summed E-state index contributed by atoms with van der Waals surface area (Å²) in [5.41, 5.74) is 1.27. The number of amides is 1. The molecule has 2 N–H and O–H groups in total. The van der Waals surface area contributed by atoms with Crippen LogP contribution in [0.25, 0.3) is 0 Å². The van der Waals surface area contributed by atoms with E-state index in [1.807, 2.05) is 33.8 Å². The molecule has 0 heterocycles. The Labute approximate surface area is 124 Å². The number of hydrogen-bond acceptors (Lipinski definition) is 3. The van der Waals surface area contributed by atoms with Crippen molar-refractivity contribution in [3.05, 3.63) is 40.6 Å². The lowest BCUT2D eigenvalue weighted by atomic mass is 10.1. The van der Waals surface area contributed by atoms with Crippen LogP contribution in [0.1, 0.15) is 26.3 Å². The van der Waals surface area contributed by atoms with E-state index < -0.39 is 5.91 Å². The van der Waals surface area contributed by atoms with Crippen molar-refractivity contribution in [3.8, 4) is 6.07 Å². The lowest BCUT2D eigenvalue weighted by Gasteiger charge is -2.19. The predicted molar refractivity (Wildman–Crippen MR) is 81.4 cm³/mol. The summed E-state index contributed by atoms with van der Waals surface area (Å²) in [5.74, 6) is -0.463. The first-order valence-electron chi connectivity index (χ1n) is 6.18. The first-order valence-corrected chi connectivity index (χ1v) is 6.56. The van der Waals surface area contributed by atoms with E-state index in [0.29, 0.717) is 10.7 Å². The van der Waals surface area contributed by atoms with Crippen LogP contribution in [0, 0.1) is 18.3 Å². The maximum atomic E-state index is 12.0. The van der Waals surface area contributed by atoms with Crippen molar-refractivity contribution >= 4 is 23.2 Å². The van der Waals surface area contributed by atoms with Gasteiger partial charge in [0, 0.05) is 22.4 Å². The van der Waals surface area contributed by atoms with Crippen molar-refractivity contribution in [1.82, 2.24) is 5.32 Å². The SMILES string of the molecule is Cc1ccc(Cl)cc1NC(=O)/C(C#N)=C\NC(C)(C)C. The second-order valence-electron chi connectivity index (χ2n) is 5.48. The fourth-order valence-electron chi connectivity index (χ4n) is 1.36. The summed E-state index contributed by atoms with van der Waals surface area (Å²) < 4.78 is 0. The van der Waals surface area contributed by atoms with E-state index in [1.165, 1.54) is 6.20 Å². The number of halogens is 1. The van der Waals surface area contributed by atoms with Gasteiger partial charge in [-0.05, 0) is 45.4 Å². The maximum Gasteiger partial charge on any atom is 0.267 e. The van der Waals surface area contributed by atoms with E-state index in [2.05, 4.69) is 10.6 Å². The van der Waals surface area contributed by atoms with Gasteiger partial charge in [-0.1, -0.05) is 17.7 Å². The zero-order valence-corrected chi connectivity index (χ0v) is 12.8. The molecule has 1 aromatic carbocycles. The Morgan fingerprint density at radius 3 is 2.60 bits per heavy atom. The first-order chi connectivity index (χ1) is 9.23. The minimum Gasteiger partial charge on any atom is -0.385 e. The highest BCUT2D eigenvalue weighted by atomic mass is 35.5. The topological polar surface area (TPSA) is 64.9 Å². The molecule has 0 radical (unpaired) electrons. The minimum absolute atomic E-state index is 0.0132. The van der Waals surface area contributed by atoms with Gasteiger partial charge < -0.3 is 10.6 Å². The van der Waals surface area contributed by atoms with Crippen molar-refractivity contribution < 1.29 is 4.79 Å². The fraction of sp³-hybridized carbons (Fsp3) is 0.333. The molecule has 0 fully saturated rings. The Morgan fingerprint density at radius 1 is 1.40 bits per heavy atom. The van der Waals surface area contributed by atoms with E-state index in [0.717, 1.165) is 5.56 Å². The van der Waals surface area contributed by atoms with Gasteiger partial charge in [0.25, 0.3) is 5.91 Å². The largest absolute Gasteiger partial charge is 0.385 e. The minimum atomic E-state index is -0.463. The molecule has 1 amide bonds. The van der Waals surface area contributed by atoms with Gasteiger partial charge in [-0.3, -0.25) is 4.79 Å². The Bertz CT molecular complexity index is 580. The Morgan fingerprint density at radius 2 is 2.05 bits per heavy atom. The van der Waals surface area contributed by atoms with Crippen LogP contribution in [0.15, 0.2) is 30.0 Å². The van der Waals surface area contributed by atoms with Crippen molar-refractivity contribution in [2.75, 3.05) is 5.32 Å². The average Bonchev–Trinajstić information content (AvgIpc) is 2.33. The summed E-state index contributed by atoms with van der Waals surface area (Å²) in [7, 11) is 0. The number of nitriles is 1. The van der Waals surface area contributed by atoms with Gasteiger partial charge in [-0.15, -0.1) is 0 Å². The molecular weight excluding hydrogens is 274 g/mol. The standard InChI is InChI=1S/C15H18ClN3O/c1-10-5-6-12(16)7-13(10)19-14(20)11(8-17)9-18-15(2,3)4/h5-7,9,18H,1-4H3,(H,19,20)/b11-9-. The van der Waals surface area contributed by atoms with Crippen LogP contribution in [0.3, 0.4) is 0 Å². The number of hydrogen-bond donors (Lipinski definition) is 2. The number of nitrogens with one attached hydrogen (secondary N) is 2. The summed E-state index contributed by atoms with van der Waals surface area (Å²) in [6, 6.07) is 7.09. The van der Waals surface area contributed by atoms with Gasteiger partial charge >= 0.3 is 0 Å².